The number of carbonyl (C=O) groups excluding carboxylic acids is 1. The Labute approximate surface area is 150 Å². The second-order valence-electron chi connectivity index (χ2n) is 6.84. The number of carbonyl (C=O) groups is 1. The average Bonchev–Trinajstić information content (AvgIpc) is 2.53. The molecule has 134 valence electrons. The van der Waals surface area contributed by atoms with E-state index in [1.807, 2.05) is 18.2 Å². The minimum Gasteiger partial charge on any atom is -0.321 e. The van der Waals surface area contributed by atoms with E-state index >= 15 is 0 Å². The first kappa shape index (κ1) is 19.2. The molecule has 0 atom stereocenters. The minimum absolute atomic E-state index is 0.0422. The Bertz CT molecular complexity index is 857. The fourth-order valence-corrected chi connectivity index (χ4v) is 3.74. The number of sulfone groups is 1. The van der Waals surface area contributed by atoms with Crippen molar-refractivity contribution in [1.82, 2.24) is 0 Å². The van der Waals surface area contributed by atoms with Gasteiger partial charge in [0, 0.05) is 11.9 Å². The van der Waals surface area contributed by atoms with E-state index < -0.39 is 15.7 Å². The van der Waals surface area contributed by atoms with Gasteiger partial charge in [-0.05, 0) is 35.1 Å². The number of benzene rings is 2. The van der Waals surface area contributed by atoms with Gasteiger partial charge in [0.25, 0.3) is 5.91 Å². The third kappa shape index (κ3) is 4.28. The zero-order valence-corrected chi connectivity index (χ0v) is 16.1. The third-order valence-electron chi connectivity index (χ3n) is 4.14. The molecule has 0 aliphatic rings. The van der Waals surface area contributed by atoms with Crippen molar-refractivity contribution < 1.29 is 13.2 Å². The van der Waals surface area contributed by atoms with Crippen molar-refractivity contribution in [3.05, 3.63) is 59.2 Å². The molecule has 0 saturated carbocycles. The first-order valence-corrected chi connectivity index (χ1v) is 10.2. The summed E-state index contributed by atoms with van der Waals surface area (Å²) in [6.45, 7) is 8.28. The molecule has 0 fully saturated rings. The van der Waals surface area contributed by atoms with Crippen LogP contribution in [0.1, 0.15) is 61.0 Å². The van der Waals surface area contributed by atoms with E-state index in [2.05, 4.69) is 33.0 Å². The highest BCUT2D eigenvalue weighted by Gasteiger charge is 2.21. The third-order valence-corrected chi connectivity index (χ3v) is 5.30. The molecule has 0 aliphatic carbocycles. The second-order valence-corrected chi connectivity index (χ2v) is 8.83. The van der Waals surface area contributed by atoms with Gasteiger partial charge in [-0.3, -0.25) is 4.79 Å². The zero-order valence-electron chi connectivity index (χ0n) is 15.3. The van der Waals surface area contributed by atoms with Crippen LogP contribution in [-0.2, 0) is 9.84 Å². The number of nitrogens with one attached hydrogen (secondary N) is 1. The lowest BCUT2D eigenvalue weighted by atomic mass is 9.92. The molecule has 0 heterocycles. The molecule has 5 heteroatoms. The van der Waals surface area contributed by atoms with Crippen molar-refractivity contribution in [2.75, 3.05) is 11.6 Å². The molecule has 2 rings (SSSR count). The lowest BCUT2D eigenvalue weighted by Crippen LogP contribution is -2.18. The van der Waals surface area contributed by atoms with Crippen LogP contribution in [0.2, 0.25) is 0 Å². The molecular weight excluding hydrogens is 334 g/mol. The van der Waals surface area contributed by atoms with Gasteiger partial charge in [0.2, 0.25) is 0 Å². The van der Waals surface area contributed by atoms with Crippen molar-refractivity contribution in [2.24, 2.45) is 0 Å². The molecule has 1 amide bonds. The van der Waals surface area contributed by atoms with Crippen LogP contribution in [0.5, 0.6) is 0 Å². The van der Waals surface area contributed by atoms with Crippen LogP contribution in [-0.4, -0.2) is 20.6 Å². The summed E-state index contributed by atoms with van der Waals surface area (Å²) in [7, 11) is -3.48. The van der Waals surface area contributed by atoms with E-state index in [1.165, 1.54) is 6.07 Å². The fourth-order valence-electron chi connectivity index (χ4n) is 2.85. The number of rotatable bonds is 5. The second kappa shape index (κ2) is 7.40. The zero-order chi connectivity index (χ0) is 18.8. The maximum Gasteiger partial charge on any atom is 0.257 e. The largest absolute Gasteiger partial charge is 0.321 e. The molecule has 0 spiro atoms. The van der Waals surface area contributed by atoms with E-state index in [0.29, 0.717) is 0 Å². The summed E-state index contributed by atoms with van der Waals surface area (Å²) in [5.74, 6) is 0.0642. The van der Waals surface area contributed by atoms with Gasteiger partial charge in [-0.1, -0.05) is 58.0 Å². The van der Waals surface area contributed by atoms with Crippen LogP contribution in [0.4, 0.5) is 5.69 Å². The lowest BCUT2D eigenvalue weighted by molar-refractivity contribution is 0.102. The van der Waals surface area contributed by atoms with Gasteiger partial charge < -0.3 is 5.32 Å². The van der Waals surface area contributed by atoms with Gasteiger partial charge in [-0.25, -0.2) is 8.42 Å². The predicted octanol–water partition coefficient (Wildman–Crippen LogP) is 4.59. The van der Waals surface area contributed by atoms with Crippen molar-refractivity contribution >= 4 is 21.4 Å². The number of hydrogen-bond acceptors (Lipinski definition) is 3. The quantitative estimate of drug-likeness (QED) is 0.849. The highest BCUT2D eigenvalue weighted by atomic mass is 32.2. The Morgan fingerprint density at radius 3 is 1.88 bits per heavy atom. The Balaban J connectivity index is 2.53. The van der Waals surface area contributed by atoms with Crippen LogP contribution in [0.3, 0.4) is 0 Å². The smallest absolute Gasteiger partial charge is 0.257 e. The van der Waals surface area contributed by atoms with Crippen LogP contribution in [0.15, 0.2) is 47.4 Å². The lowest BCUT2D eigenvalue weighted by Gasteiger charge is -2.20. The first-order valence-electron chi connectivity index (χ1n) is 8.36. The van der Waals surface area contributed by atoms with Crippen LogP contribution >= 0.6 is 0 Å². The molecule has 0 saturated heterocycles. The highest BCUT2D eigenvalue weighted by molar-refractivity contribution is 7.90. The van der Waals surface area contributed by atoms with Gasteiger partial charge in [0.1, 0.15) is 0 Å². The summed E-state index contributed by atoms with van der Waals surface area (Å²) in [5.41, 5.74) is 3.02. The molecule has 0 radical (unpaired) electrons. The van der Waals surface area contributed by atoms with Gasteiger partial charge in [-0.15, -0.1) is 0 Å². The molecule has 2 aromatic carbocycles. The molecule has 4 nitrogen and oxygen atoms in total. The topological polar surface area (TPSA) is 63.2 Å². The number of hydrogen-bond donors (Lipinski definition) is 1. The van der Waals surface area contributed by atoms with E-state index in [9.17, 15) is 13.2 Å². The van der Waals surface area contributed by atoms with Gasteiger partial charge >= 0.3 is 0 Å². The molecule has 2 aromatic rings. The molecule has 0 aliphatic heterocycles. The summed E-state index contributed by atoms with van der Waals surface area (Å²) < 4.78 is 24.0. The molecular formula is C20H25NO3S. The molecule has 0 aromatic heterocycles. The maximum atomic E-state index is 12.9. The first-order chi connectivity index (χ1) is 11.6. The summed E-state index contributed by atoms with van der Waals surface area (Å²) >= 11 is 0. The Morgan fingerprint density at radius 2 is 1.40 bits per heavy atom. The summed E-state index contributed by atoms with van der Waals surface area (Å²) in [6.07, 6.45) is 1.11. The molecule has 0 bridgehead atoms. The summed E-state index contributed by atoms with van der Waals surface area (Å²) in [5, 5.41) is 2.97. The SMILES string of the molecule is CC(C)c1cccc(C(C)C)c1NC(=O)c1ccccc1S(C)(=O)=O. The van der Waals surface area contributed by atoms with E-state index in [0.717, 1.165) is 23.1 Å². The van der Waals surface area contributed by atoms with E-state index in [1.54, 1.807) is 18.2 Å². The maximum absolute atomic E-state index is 12.9. The summed E-state index contributed by atoms with van der Waals surface area (Å²) in [6, 6.07) is 12.3. The average molecular weight is 359 g/mol. The van der Waals surface area contributed by atoms with Crippen LogP contribution in [0, 0.1) is 0 Å². The van der Waals surface area contributed by atoms with Crippen LogP contribution in [0.25, 0.3) is 0 Å². The highest BCUT2D eigenvalue weighted by Crippen LogP contribution is 2.33. The normalized spacial score (nSPS) is 11.8. The fraction of sp³-hybridized carbons (Fsp3) is 0.350. The van der Waals surface area contributed by atoms with E-state index in [4.69, 9.17) is 0 Å². The Hall–Kier alpha value is -2.14. The van der Waals surface area contributed by atoms with Crippen molar-refractivity contribution in [3.63, 3.8) is 0 Å². The summed E-state index contributed by atoms with van der Waals surface area (Å²) in [4.78, 5) is 12.9. The predicted molar refractivity (Wildman–Crippen MR) is 102 cm³/mol. The van der Waals surface area contributed by atoms with Gasteiger partial charge in [0.15, 0.2) is 9.84 Å². The number of amides is 1. The van der Waals surface area contributed by atoms with Crippen molar-refractivity contribution in [2.45, 2.75) is 44.4 Å². The number of para-hydroxylation sites is 1. The molecule has 0 unspecified atom stereocenters. The van der Waals surface area contributed by atoms with Gasteiger partial charge in [0.05, 0.1) is 10.5 Å². The monoisotopic (exact) mass is 359 g/mol. The van der Waals surface area contributed by atoms with Crippen molar-refractivity contribution in [3.8, 4) is 0 Å². The molecule has 1 N–H and O–H groups in total. The Kier molecular flexibility index (Phi) is 5.68. The number of anilines is 1. The Morgan fingerprint density at radius 1 is 0.880 bits per heavy atom. The van der Waals surface area contributed by atoms with Crippen molar-refractivity contribution in [1.29, 1.82) is 0 Å². The molecule has 25 heavy (non-hydrogen) atoms. The minimum atomic E-state index is -3.48. The standard InChI is InChI=1S/C20H25NO3S/c1-13(2)15-10-8-11-16(14(3)4)19(15)21-20(22)17-9-6-7-12-18(17)25(5,23)24/h6-14H,1-5H3,(H,21,22). The van der Waals surface area contributed by atoms with E-state index in [-0.39, 0.29) is 22.3 Å². The van der Waals surface area contributed by atoms with Crippen LogP contribution < -0.4 is 5.32 Å². The van der Waals surface area contributed by atoms with Gasteiger partial charge in [-0.2, -0.15) is 0 Å².